The molecule has 2 atom stereocenters. The zero-order valence-corrected chi connectivity index (χ0v) is 21.0. The molecule has 2 heterocycles. The lowest BCUT2D eigenvalue weighted by atomic mass is 10.0. The van der Waals surface area contributed by atoms with E-state index in [2.05, 4.69) is 20.5 Å². The summed E-state index contributed by atoms with van der Waals surface area (Å²) in [6.07, 6.45) is 2.54. The Morgan fingerprint density at radius 1 is 1.22 bits per heavy atom. The summed E-state index contributed by atoms with van der Waals surface area (Å²) >= 11 is 6.11. The highest BCUT2D eigenvalue weighted by Crippen LogP contribution is 2.29. The molecule has 1 aromatic heterocycles. The third-order valence-electron chi connectivity index (χ3n) is 6.37. The molecule has 36 heavy (non-hydrogen) atoms. The van der Waals surface area contributed by atoms with Crippen molar-refractivity contribution in [1.29, 1.82) is 0 Å². The second-order valence-electron chi connectivity index (χ2n) is 8.73. The minimum atomic E-state index is -0.306. The van der Waals surface area contributed by atoms with Gasteiger partial charge in [0, 0.05) is 56.5 Å². The van der Waals surface area contributed by atoms with Crippen LogP contribution in [-0.4, -0.2) is 67.7 Å². The van der Waals surface area contributed by atoms with Gasteiger partial charge in [-0.1, -0.05) is 17.7 Å². The Balaban J connectivity index is 1.30. The van der Waals surface area contributed by atoms with E-state index in [0.29, 0.717) is 42.9 Å². The fraction of sp³-hybridized carbons (Fsp3) is 0.346. The molecule has 1 fully saturated rings. The Hall–Kier alpha value is -3.40. The number of benzene rings is 2. The van der Waals surface area contributed by atoms with Crippen LogP contribution in [0.1, 0.15) is 23.2 Å². The number of rotatable bonds is 8. The number of fused-ring (bicyclic) bond motifs is 1. The first-order valence-corrected chi connectivity index (χ1v) is 12.1. The number of aromatic nitrogens is 1. The van der Waals surface area contributed by atoms with E-state index in [-0.39, 0.29) is 29.0 Å². The molecule has 4 N–H and O–H groups in total. The van der Waals surface area contributed by atoms with Gasteiger partial charge >= 0.3 is 0 Å². The summed E-state index contributed by atoms with van der Waals surface area (Å²) in [6.45, 7) is 1.90. The van der Waals surface area contributed by atoms with Crippen molar-refractivity contribution >= 4 is 45.7 Å². The largest absolute Gasteiger partial charge is 0.496 e. The van der Waals surface area contributed by atoms with E-state index >= 15 is 0 Å². The predicted molar refractivity (Wildman–Crippen MR) is 141 cm³/mol. The number of nitrogens with two attached hydrogens (primary N) is 1. The van der Waals surface area contributed by atoms with Crippen LogP contribution in [0, 0.1) is 0 Å². The Kier molecular flexibility index (Phi) is 8.25. The average Bonchev–Trinajstić information content (AvgIpc) is 2.89. The first-order valence-electron chi connectivity index (χ1n) is 11.7. The van der Waals surface area contributed by atoms with Crippen LogP contribution in [0.2, 0.25) is 5.02 Å². The van der Waals surface area contributed by atoms with Gasteiger partial charge < -0.3 is 30.7 Å². The lowest BCUT2D eigenvalue weighted by molar-refractivity contribution is -0.116. The summed E-state index contributed by atoms with van der Waals surface area (Å²) < 4.78 is 11.0. The van der Waals surface area contributed by atoms with Crippen LogP contribution in [0.3, 0.4) is 0 Å². The lowest BCUT2D eigenvalue weighted by Gasteiger charge is -2.38. The number of carbonyl (C=O) groups is 2. The summed E-state index contributed by atoms with van der Waals surface area (Å²) in [5.41, 5.74) is 8.11. The van der Waals surface area contributed by atoms with E-state index in [1.54, 1.807) is 13.3 Å². The summed E-state index contributed by atoms with van der Waals surface area (Å²) in [6, 6.07) is 12.3. The van der Waals surface area contributed by atoms with E-state index in [4.69, 9.17) is 26.8 Å². The van der Waals surface area contributed by atoms with Crippen LogP contribution in [0.4, 0.5) is 11.4 Å². The number of hydrogen-bond acceptors (Lipinski definition) is 7. The highest BCUT2D eigenvalue weighted by atomic mass is 35.5. The van der Waals surface area contributed by atoms with Crippen molar-refractivity contribution < 1.29 is 19.1 Å². The third-order valence-corrected chi connectivity index (χ3v) is 6.70. The van der Waals surface area contributed by atoms with Gasteiger partial charge in [0.25, 0.3) is 5.91 Å². The van der Waals surface area contributed by atoms with Crippen LogP contribution in [0.15, 0.2) is 48.7 Å². The highest BCUT2D eigenvalue weighted by Gasteiger charge is 2.31. The number of halogens is 1. The summed E-state index contributed by atoms with van der Waals surface area (Å²) in [5, 5.41) is 7.26. The minimum absolute atomic E-state index is 0.0602. The van der Waals surface area contributed by atoms with E-state index in [1.807, 2.05) is 30.3 Å². The predicted octanol–water partition coefficient (Wildman–Crippen LogP) is 3.33. The van der Waals surface area contributed by atoms with Crippen LogP contribution in [0.5, 0.6) is 5.75 Å². The Morgan fingerprint density at radius 2 is 2.06 bits per heavy atom. The topological polar surface area (TPSA) is 119 Å². The first kappa shape index (κ1) is 25.7. The number of nitrogen functional groups attached to an aromatic ring is 1. The minimum Gasteiger partial charge on any atom is -0.496 e. The van der Waals surface area contributed by atoms with E-state index < -0.39 is 0 Å². The summed E-state index contributed by atoms with van der Waals surface area (Å²) in [4.78, 5) is 32.0. The molecule has 0 spiro atoms. The van der Waals surface area contributed by atoms with Gasteiger partial charge in [-0.05, 0) is 36.8 Å². The van der Waals surface area contributed by atoms with Crippen molar-refractivity contribution in [2.75, 3.05) is 44.9 Å². The van der Waals surface area contributed by atoms with E-state index in [1.165, 1.54) is 19.2 Å². The molecule has 3 aromatic rings. The van der Waals surface area contributed by atoms with Gasteiger partial charge in [-0.25, -0.2) is 0 Å². The Bertz CT molecular complexity index is 1250. The molecule has 1 aliphatic rings. The highest BCUT2D eigenvalue weighted by molar-refractivity contribution is 6.33. The Morgan fingerprint density at radius 3 is 2.83 bits per heavy atom. The lowest BCUT2D eigenvalue weighted by Crippen LogP contribution is -2.55. The monoisotopic (exact) mass is 511 g/mol. The molecule has 0 saturated carbocycles. The number of carbonyl (C=O) groups excluding carboxylic acids is 2. The number of nitrogens with one attached hydrogen (secondary N) is 2. The number of piperidine rings is 1. The molecule has 9 nitrogen and oxygen atoms in total. The van der Waals surface area contributed by atoms with Gasteiger partial charge in [-0.15, -0.1) is 0 Å². The zero-order chi connectivity index (χ0) is 25.7. The second-order valence-corrected chi connectivity index (χ2v) is 9.13. The molecule has 2 aromatic carbocycles. The molecule has 0 bridgehead atoms. The van der Waals surface area contributed by atoms with Crippen molar-refractivity contribution in [3.8, 4) is 5.75 Å². The molecule has 4 rings (SSSR count). The van der Waals surface area contributed by atoms with Gasteiger partial charge in [0.1, 0.15) is 5.75 Å². The number of pyridine rings is 1. The fourth-order valence-electron chi connectivity index (χ4n) is 4.39. The number of ether oxygens (including phenoxy) is 2. The number of likely N-dealkylation sites (tertiary alicyclic amines) is 1. The quantitative estimate of drug-likeness (QED) is 0.397. The SMILES string of the molecule is COc1cc(N)c(Cl)cc1C(=O)NC1CCN(CCC(=O)Nc2ccc3ncccc3c2)CC1OC. The van der Waals surface area contributed by atoms with Gasteiger partial charge in [-0.2, -0.15) is 0 Å². The molecule has 0 aliphatic carbocycles. The van der Waals surface area contributed by atoms with Crippen LogP contribution in [-0.2, 0) is 9.53 Å². The standard InChI is InChI=1S/C26H30ClN5O4/c1-35-23-14-20(28)19(27)13-18(23)26(34)31-22-7-10-32(15-24(22)36-2)11-8-25(33)30-17-5-6-21-16(12-17)4-3-9-29-21/h3-6,9,12-14,22,24H,7-8,10-11,15,28H2,1-2H3,(H,30,33)(H,31,34). The number of nitrogens with zero attached hydrogens (tertiary/aromatic N) is 2. The maximum atomic E-state index is 13.0. The summed E-state index contributed by atoms with van der Waals surface area (Å²) in [5.74, 6) is -0.0105. The second kappa shape index (κ2) is 11.6. The fourth-order valence-corrected chi connectivity index (χ4v) is 4.55. The molecule has 10 heteroatoms. The van der Waals surface area contributed by atoms with Crippen LogP contribution >= 0.6 is 11.6 Å². The average molecular weight is 512 g/mol. The molecule has 190 valence electrons. The molecule has 2 amide bonds. The maximum Gasteiger partial charge on any atom is 0.255 e. The number of methoxy groups -OCH3 is 2. The van der Waals surface area contributed by atoms with Gasteiger partial charge in [0.15, 0.2) is 0 Å². The number of hydrogen-bond donors (Lipinski definition) is 3. The molecular formula is C26H30ClN5O4. The van der Waals surface area contributed by atoms with Crippen LogP contribution in [0.25, 0.3) is 10.9 Å². The first-order chi connectivity index (χ1) is 17.4. The normalized spacial score (nSPS) is 18.1. The van der Waals surface area contributed by atoms with Crippen molar-refractivity contribution in [2.45, 2.75) is 25.0 Å². The third kappa shape index (κ3) is 6.04. The molecule has 2 unspecified atom stereocenters. The van der Waals surface area contributed by atoms with Crippen LogP contribution < -0.4 is 21.1 Å². The van der Waals surface area contributed by atoms with Crippen molar-refractivity contribution in [3.05, 3.63) is 59.2 Å². The zero-order valence-electron chi connectivity index (χ0n) is 20.3. The molecule has 0 radical (unpaired) electrons. The van der Waals surface area contributed by atoms with Gasteiger partial charge in [0.2, 0.25) is 5.91 Å². The number of anilines is 2. The molecule has 1 aliphatic heterocycles. The van der Waals surface area contributed by atoms with Crippen molar-refractivity contribution in [1.82, 2.24) is 15.2 Å². The van der Waals surface area contributed by atoms with Crippen molar-refractivity contribution in [2.24, 2.45) is 0 Å². The smallest absolute Gasteiger partial charge is 0.255 e. The maximum absolute atomic E-state index is 13.0. The number of amides is 2. The Labute approximate surface area is 214 Å². The molecule has 1 saturated heterocycles. The van der Waals surface area contributed by atoms with Gasteiger partial charge in [0.05, 0.1) is 41.0 Å². The summed E-state index contributed by atoms with van der Waals surface area (Å²) in [7, 11) is 3.10. The molecular weight excluding hydrogens is 482 g/mol. The van der Waals surface area contributed by atoms with Gasteiger partial charge in [-0.3, -0.25) is 14.6 Å². The van der Waals surface area contributed by atoms with E-state index in [0.717, 1.165) is 23.1 Å². The van der Waals surface area contributed by atoms with Crippen molar-refractivity contribution in [3.63, 3.8) is 0 Å². The van der Waals surface area contributed by atoms with E-state index in [9.17, 15) is 9.59 Å².